The summed E-state index contributed by atoms with van der Waals surface area (Å²) in [5.74, 6) is 0. The van der Waals surface area contributed by atoms with E-state index in [0.717, 1.165) is 93.6 Å². The van der Waals surface area contributed by atoms with E-state index in [9.17, 15) is 0 Å². The first-order valence-corrected chi connectivity index (χ1v) is 22.9. The Bertz CT molecular complexity index is 4460. The highest BCUT2D eigenvalue weighted by Gasteiger charge is 2.23. The van der Waals surface area contributed by atoms with Crippen molar-refractivity contribution in [3.63, 3.8) is 0 Å². The Morgan fingerprint density at radius 1 is 0.194 bits per heavy atom. The van der Waals surface area contributed by atoms with E-state index in [2.05, 4.69) is 194 Å². The van der Waals surface area contributed by atoms with Crippen LogP contribution >= 0.6 is 0 Å². The molecule has 3 heteroatoms. The third-order valence-electron chi connectivity index (χ3n) is 14.3. The topological polar surface area (TPSA) is 39.4 Å². The first kappa shape index (κ1) is 36.4. The third-order valence-corrected chi connectivity index (χ3v) is 14.3. The van der Waals surface area contributed by atoms with Gasteiger partial charge in [-0.2, -0.15) is 0 Å². The van der Waals surface area contributed by atoms with Gasteiger partial charge in [0, 0.05) is 43.4 Å². The monoisotopic (exact) mass is 852 g/mol. The molecule has 15 aromatic rings. The first-order valence-electron chi connectivity index (χ1n) is 22.9. The van der Waals surface area contributed by atoms with Gasteiger partial charge in [-0.05, 0) is 125 Å². The van der Waals surface area contributed by atoms with Crippen molar-refractivity contribution >= 4 is 109 Å². The molecule has 0 aliphatic carbocycles. The van der Waals surface area contributed by atoms with E-state index in [1.54, 1.807) is 0 Å². The molecule has 0 radical (unpaired) electrons. The normalized spacial score (nSPS) is 12.2. The quantitative estimate of drug-likeness (QED) is 0.166. The molecule has 0 N–H and O–H groups in total. The van der Waals surface area contributed by atoms with Gasteiger partial charge in [0.2, 0.25) is 0 Å². The maximum absolute atomic E-state index is 7.01. The van der Waals surface area contributed by atoms with Crippen LogP contribution in [0.5, 0.6) is 0 Å². The second-order valence-electron chi connectivity index (χ2n) is 17.8. The highest BCUT2D eigenvalue weighted by atomic mass is 16.3. The number of hydrogen-bond acceptors (Lipinski definition) is 3. The Morgan fingerprint density at radius 3 is 1.00 bits per heavy atom. The summed E-state index contributed by atoms with van der Waals surface area (Å²) in [6, 6.07) is 78.5. The summed E-state index contributed by atoms with van der Waals surface area (Å²) in [7, 11) is 0. The molecule has 0 aliphatic heterocycles. The van der Waals surface area contributed by atoms with Gasteiger partial charge in [-0.1, -0.05) is 170 Å². The van der Waals surface area contributed by atoms with Crippen LogP contribution in [0.2, 0.25) is 0 Å². The van der Waals surface area contributed by atoms with E-state index >= 15 is 0 Å². The number of hydrogen-bond donors (Lipinski definition) is 0. The smallest absolute Gasteiger partial charge is 0.143 e. The first-order chi connectivity index (χ1) is 33.2. The summed E-state index contributed by atoms with van der Waals surface area (Å²) in [6.07, 6.45) is 0. The Kier molecular flexibility index (Phi) is 7.50. The Morgan fingerprint density at radius 2 is 0.537 bits per heavy atom. The van der Waals surface area contributed by atoms with Gasteiger partial charge in [0.25, 0.3) is 0 Å². The lowest BCUT2D eigenvalue weighted by molar-refractivity contribution is 0.668. The predicted molar refractivity (Wildman–Crippen MR) is 280 cm³/mol. The summed E-state index contributed by atoms with van der Waals surface area (Å²) in [5.41, 5.74) is 14.6. The van der Waals surface area contributed by atoms with Gasteiger partial charge in [-0.3, -0.25) is 0 Å². The van der Waals surface area contributed by atoms with Crippen LogP contribution in [-0.4, -0.2) is 0 Å². The van der Waals surface area contributed by atoms with Gasteiger partial charge < -0.3 is 13.3 Å². The minimum atomic E-state index is 0.861. The van der Waals surface area contributed by atoms with E-state index < -0.39 is 0 Å². The molecule has 0 fully saturated rings. The zero-order chi connectivity index (χ0) is 43.7. The fourth-order valence-corrected chi connectivity index (χ4v) is 11.4. The summed E-state index contributed by atoms with van der Waals surface area (Å²) in [6.45, 7) is 0. The SMILES string of the molecule is c1ccc2c(c1)oc1cc(-c3c4ccccc4c(-c4ccc5oc6c(-c7c8ccccc8c(-c8ccc9c(c8)oc8ccccc89)c8ccccc78)cccc6c5c4)c4ccccc34)ccc12. The molecule has 3 nitrogen and oxygen atoms in total. The summed E-state index contributed by atoms with van der Waals surface area (Å²) >= 11 is 0. The summed E-state index contributed by atoms with van der Waals surface area (Å²) < 4.78 is 19.8. The minimum absolute atomic E-state index is 0.861. The number of furan rings is 3. The van der Waals surface area contributed by atoms with Crippen molar-refractivity contribution in [3.8, 4) is 44.5 Å². The number of rotatable bonds is 4. The highest BCUT2D eigenvalue weighted by Crippen LogP contribution is 2.49. The molecule has 0 aliphatic rings. The molecule has 67 heavy (non-hydrogen) atoms. The summed E-state index contributed by atoms with van der Waals surface area (Å²) in [5, 5.41) is 16.2. The van der Waals surface area contributed by atoms with Gasteiger partial charge in [0.05, 0.1) is 0 Å². The highest BCUT2D eigenvalue weighted by molar-refractivity contribution is 6.26. The van der Waals surface area contributed by atoms with Crippen LogP contribution in [0.25, 0.3) is 153 Å². The van der Waals surface area contributed by atoms with Crippen molar-refractivity contribution in [1.82, 2.24) is 0 Å². The molecule has 0 saturated heterocycles. The van der Waals surface area contributed by atoms with Crippen molar-refractivity contribution in [2.75, 3.05) is 0 Å². The molecule has 12 aromatic carbocycles. The van der Waals surface area contributed by atoms with Crippen molar-refractivity contribution in [3.05, 3.63) is 218 Å². The van der Waals surface area contributed by atoms with E-state index in [1.807, 2.05) is 24.3 Å². The van der Waals surface area contributed by atoms with Crippen LogP contribution in [-0.2, 0) is 0 Å². The molecule has 0 amide bonds. The molecule has 3 aromatic heterocycles. The number of para-hydroxylation sites is 3. The van der Waals surface area contributed by atoms with Crippen LogP contribution in [0.1, 0.15) is 0 Å². The molecule has 15 rings (SSSR count). The molecule has 0 atom stereocenters. The molecular weight excluding hydrogens is 817 g/mol. The largest absolute Gasteiger partial charge is 0.456 e. The second-order valence-corrected chi connectivity index (χ2v) is 17.8. The van der Waals surface area contributed by atoms with Crippen molar-refractivity contribution in [1.29, 1.82) is 0 Å². The Labute approximate surface area is 383 Å². The van der Waals surface area contributed by atoms with Crippen molar-refractivity contribution in [2.24, 2.45) is 0 Å². The second kappa shape index (κ2) is 13.8. The Balaban J connectivity index is 0.928. The van der Waals surface area contributed by atoms with Crippen LogP contribution in [0.3, 0.4) is 0 Å². The fourth-order valence-electron chi connectivity index (χ4n) is 11.4. The maximum Gasteiger partial charge on any atom is 0.143 e. The maximum atomic E-state index is 7.01. The average Bonchev–Trinajstić information content (AvgIpc) is 4.08. The lowest BCUT2D eigenvalue weighted by Crippen LogP contribution is -1.91. The van der Waals surface area contributed by atoms with E-state index in [1.165, 1.54) is 59.8 Å². The lowest BCUT2D eigenvalue weighted by atomic mass is 9.85. The molecular formula is C64H36O3. The van der Waals surface area contributed by atoms with Crippen LogP contribution in [0.4, 0.5) is 0 Å². The van der Waals surface area contributed by atoms with E-state index in [4.69, 9.17) is 13.3 Å². The number of benzene rings is 12. The van der Waals surface area contributed by atoms with Gasteiger partial charge in [0.15, 0.2) is 0 Å². The van der Waals surface area contributed by atoms with E-state index in [0.29, 0.717) is 0 Å². The molecule has 0 unspecified atom stereocenters. The minimum Gasteiger partial charge on any atom is -0.456 e. The average molecular weight is 853 g/mol. The molecule has 310 valence electrons. The zero-order valence-corrected chi connectivity index (χ0v) is 36.0. The fraction of sp³-hybridized carbons (Fsp3) is 0. The standard InChI is InChI=1S/C64H36O3/c1-3-18-46-44(16-1)60(45-17-2-4-19-47(45)61(46)38-28-31-42-40-14-9-11-26-55(40)65-58(42)35-38)37-30-33-57-54(34-37)52-24-13-25-53(64(52)67-57)63-50-22-7-5-20-48(50)62(49-21-6-8-23-51(49)63)39-29-32-43-41-15-10-12-27-56(41)66-59(43)36-39/h1-36H. The van der Waals surface area contributed by atoms with Gasteiger partial charge in [-0.15, -0.1) is 0 Å². The van der Waals surface area contributed by atoms with Gasteiger partial charge in [0.1, 0.15) is 33.5 Å². The molecule has 0 bridgehead atoms. The number of fused-ring (bicyclic) bond motifs is 13. The van der Waals surface area contributed by atoms with Gasteiger partial charge in [-0.25, -0.2) is 0 Å². The third kappa shape index (κ3) is 5.22. The Hall–Kier alpha value is -8.92. The molecule has 3 heterocycles. The van der Waals surface area contributed by atoms with Gasteiger partial charge >= 0.3 is 0 Å². The predicted octanol–water partition coefficient (Wildman–Crippen LogP) is 18.7. The zero-order valence-electron chi connectivity index (χ0n) is 36.0. The molecule has 0 saturated carbocycles. The lowest BCUT2D eigenvalue weighted by Gasteiger charge is -2.18. The van der Waals surface area contributed by atoms with Crippen LogP contribution in [0, 0.1) is 0 Å². The van der Waals surface area contributed by atoms with E-state index in [-0.39, 0.29) is 0 Å². The van der Waals surface area contributed by atoms with Crippen molar-refractivity contribution < 1.29 is 13.3 Å². The summed E-state index contributed by atoms with van der Waals surface area (Å²) in [4.78, 5) is 0. The van der Waals surface area contributed by atoms with Crippen LogP contribution in [0.15, 0.2) is 232 Å². The van der Waals surface area contributed by atoms with Crippen molar-refractivity contribution in [2.45, 2.75) is 0 Å². The van der Waals surface area contributed by atoms with Crippen LogP contribution < -0.4 is 0 Å². The molecule has 0 spiro atoms.